The van der Waals surface area contributed by atoms with E-state index in [0.29, 0.717) is 0 Å². The predicted molar refractivity (Wildman–Crippen MR) is 85.8 cm³/mol. The molecule has 0 atom stereocenters. The van der Waals surface area contributed by atoms with Crippen molar-refractivity contribution in [2.75, 3.05) is 0 Å². The van der Waals surface area contributed by atoms with Gasteiger partial charge in [-0.3, -0.25) is 0 Å². The Morgan fingerprint density at radius 3 is 2.58 bits per heavy atom. The molecule has 0 spiro atoms. The molecule has 7 nitrogen and oxygen atoms in total. The highest BCUT2D eigenvalue weighted by Gasteiger charge is 2.14. The maximum atomic E-state index is 9.10. The number of carboxylic acid groups (broad SMARTS) is 2. The number of H-pyrrole nitrogens is 1. The van der Waals surface area contributed by atoms with E-state index in [4.69, 9.17) is 25.1 Å². The summed E-state index contributed by atoms with van der Waals surface area (Å²) in [4.78, 5) is 25.3. The second kappa shape index (κ2) is 7.74. The van der Waals surface area contributed by atoms with Gasteiger partial charge in [0.25, 0.3) is 0 Å². The average molecular weight is 325 g/mol. The first-order valence-corrected chi connectivity index (χ1v) is 7.20. The number of nitrogens with zero attached hydrogens (tertiary/aromatic N) is 2. The summed E-state index contributed by atoms with van der Waals surface area (Å²) in [6.45, 7) is 0. The minimum absolute atomic E-state index is 0.747. The van der Waals surface area contributed by atoms with Gasteiger partial charge in [0, 0.05) is 0 Å². The molecule has 1 aromatic heterocycles. The monoisotopic (exact) mass is 325 g/mol. The number of aliphatic carboxylic acids is 2. The first kappa shape index (κ1) is 17.0. The zero-order chi connectivity index (χ0) is 17.5. The lowest BCUT2D eigenvalue weighted by Crippen LogP contribution is -2.09. The van der Waals surface area contributed by atoms with Crippen molar-refractivity contribution in [1.29, 1.82) is 5.26 Å². The predicted octanol–water partition coefficient (Wildman–Crippen LogP) is 2.31. The number of hydrogen-bond donors (Lipinski definition) is 3. The molecule has 3 rings (SSSR count). The molecule has 122 valence electrons. The number of rotatable bonds is 1. The van der Waals surface area contributed by atoms with E-state index < -0.39 is 11.9 Å². The molecule has 1 aromatic carbocycles. The zero-order valence-electron chi connectivity index (χ0n) is 12.7. The van der Waals surface area contributed by atoms with Crippen molar-refractivity contribution in [3.63, 3.8) is 0 Å². The van der Waals surface area contributed by atoms with Crippen molar-refractivity contribution in [2.24, 2.45) is 0 Å². The smallest absolute Gasteiger partial charge is 0.414 e. The second-order valence-corrected chi connectivity index (χ2v) is 5.12. The molecule has 0 radical (unpaired) electrons. The minimum Gasteiger partial charge on any atom is -0.473 e. The highest BCUT2D eigenvalue weighted by Crippen LogP contribution is 2.32. The number of fused-ring (bicyclic) bond motifs is 1. The second-order valence-electron chi connectivity index (χ2n) is 5.12. The molecule has 1 aliphatic carbocycles. The molecule has 3 N–H and O–H groups in total. The van der Waals surface area contributed by atoms with Gasteiger partial charge in [0.2, 0.25) is 0 Å². The Balaban J connectivity index is 0.000000301. The third-order valence-electron chi connectivity index (χ3n) is 3.50. The lowest BCUT2D eigenvalue weighted by molar-refractivity contribution is -0.159. The van der Waals surface area contributed by atoms with Gasteiger partial charge in [-0.2, -0.15) is 5.26 Å². The van der Waals surface area contributed by atoms with Crippen LogP contribution in [-0.4, -0.2) is 32.1 Å². The lowest BCUT2D eigenvalue weighted by atomic mass is 9.86. The Kier molecular flexibility index (Phi) is 5.47. The van der Waals surface area contributed by atoms with E-state index in [-0.39, 0.29) is 0 Å². The number of allylic oxidation sites excluding steroid dienone is 1. The standard InChI is InChI=1S/C15H13N3.C2H2O4/c16-8-11-4-5-15-12(6-11)2-1-3-13(15)7-14-9-17-10-18-14;3-1(4)2(5)6/h4-7,9-10H,1-3H2,(H,17,18);(H,3,4)(H,5,6). The van der Waals surface area contributed by atoms with Crippen LogP contribution in [0.15, 0.2) is 30.7 Å². The Labute approximate surface area is 137 Å². The molecule has 0 amide bonds. The molecule has 0 bridgehead atoms. The molecular weight excluding hydrogens is 310 g/mol. The van der Waals surface area contributed by atoms with Crippen LogP contribution in [0, 0.1) is 11.3 Å². The van der Waals surface area contributed by atoms with E-state index in [2.05, 4.69) is 28.2 Å². The van der Waals surface area contributed by atoms with E-state index in [0.717, 1.165) is 30.5 Å². The van der Waals surface area contributed by atoms with Crippen LogP contribution in [-0.2, 0) is 16.0 Å². The molecule has 0 saturated carbocycles. The zero-order valence-corrected chi connectivity index (χ0v) is 12.7. The quantitative estimate of drug-likeness (QED) is 0.690. The number of aromatic nitrogens is 2. The third kappa shape index (κ3) is 4.30. The fourth-order valence-electron chi connectivity index (χ4n) is 2.47. The topological polar surface area (TPSA) is 127 Å². The van der Waals surface area contributed by atoms with Gasteiger partial charge in [0.15, 0.2) is 0 Å². The summed E-state index contributed by atoms with van der Waals surface area (Å²) >= 11 is 0. The molecule has 1 aliphatic rings. The Hall–Kier alpha value is -3.40. The average Bonchev–Trinajstić information content (AvgIpc) is 3.08. The van der Waals surface area contributed by atoms with Crippen molar-refractivity contribution in [3.8, 4) is 6.07 Å². The number of hydrogen-bond acceptors (Lipinski definition) is 4. The largest absolute Gasteiger partial charge is 0.473 e. The Bertz CT molecular complexity index is 805. The maximum Gasteiger partial charge on any atom is 0.414 e. The summed E-state index contributed by atoms with van der Waals surface area (Å²) in [5, 5.41) is 23.7. The number of nitriles is 1. The van der Waals surface area contributed by atoms with E-state index >= 15 is 0 Å². The number of imidazole rings is 1. The van der Waals surface area contributed by atoms with E-state index in [9.17, 15) is 0 Å². The van der Waals surface area contributed by atoms with Crippen LogP contribution < -0.4 is 0 Å². The van der Waals surface area contributed by atoms with Gasteiger partial charge in [-0.05, 0) is 54.2 Å². The first-order valence-electron chi connectivity index (χ1n) is 7.20. The fraction of sp³-hybridized carbons (Fsp3) is 0.176. The lowest BCUT2D eigenvalue weighted by Gasteiger charge is -2.19. The van der Waals surface area contributed by atoms with Crippen LogP contribution in [0.1, 0.15) is 35.2 Å². The molecule has 0 fully saturated rings. The van der Waals surface area contributed by atoms with Crippen molar-refractivity contribution >= 4 is 23.6 Å². The van der Waals surface area contributed by atoms with Crippen LogP contribution in [0.3, 0.4) is 0 Å². The highest BCUT2D eigenvalue weighted by molar-refractivity contribution is 6.27. The SMILES string of the molecule is N#Cc1ccc2c(c1)CCCC2=Cc1cnc[nH]1.O=C(O)C(=O)O. The van der Waals surface area contributed by atoms with E-state index in [1.165, 1.54) is 16.7 Å². The highest BCUT2D eigenvalue weighted by atomic mass is 16.4. The van der Waals surface area contributed by atoms with Gasteiger partial charge < -0.3 is 15.2 Å². The van der Waals surface area contributed by atoms with Crippen LogP contribution in [0.5, 0.6) is 0 Å². The minimum atomic E-state index is -1.82. The van der Waals surface area contributed by atoms with Crippen LogP contribution >= 0.6 is 0 Å². The molecule has 7 heteroatoms. The van der Waals surface area contributed by atoms with E-state index in [1.807, 2.05) is 18.3 Å². The molecule has 0 saturated heterocycles. The molecule has 24 heavy (non-hydrogen) atoms. The van der Waals surface area contributed by atoms with Gasteiger partial charge in [0.1, 0.15) is 0 Å². The molecule has 1 heterocycles. The first-order chi connectivity index (χ1) is 11.5. The summed E-state index contributed by atoms with van der Waals surface area (Å²) in [5.74, 6) is -3.65. The summed E-state index contributed by atoms with van der Waals surface area (Å²) in [7, 11) is 0. The summed E-state index contributed by atoms with van der Waals surface area (Å²) in [5.41, 5.74) is 5.66. The maximum absolute atomic E-state index is 9.10. The van der Waals surface area contributed by atoms with Gasteiger partial charge in [-0.1, -0.05) is 6.07 Å². The van der Waals surface area contributed by atoms with Crippen LogP contribution in [0.2, 0.25) is 0 Å². The van der Waals surface area contributed by atoms with Crippen molar-refractivity contribution < 1.29 is 19.8 Å². The van der Waals surface area contributed by atoms with E-state index in [1.54, 1.807) is 6.33 Å². The third-order valence-corrected chi connectivity index (χ3v) is 3.50. The number of benzene rings is 1. The molecule has 2 aromatic rings. The summed E-state index contributed by atoms with van der Waals surface area (Å²) in [6.07, 6.45) is 8.95. The number of carboxylic acids is 2. The fourth-order valence-corrected chi connectivity index (χ4v) is 2.47. The normalized spacial score (nSPS) is 14.0. The molecule has 0 aliphatic heterocycles. The number of aryl methyl sites for hydroxylation is 1. The Morgan fingerprint density at radius 1 is 1.25 bits per heavy atom. The number of nitrogens with one attached hydrogen (secondary N) is 1. The molecular formula is C17H15N3O4. The van der Waals surface area contributed by atoms with Crippen molar-refractivity contribution in [1.82, 2.24) is 9.97 Å². The van der Waals surface area contributed by atoms with Gasteiger partial charge in [-0.25, -0.2) is 14.6 Å². The van der Waals surface area contributed by atoms with Crippen LogP contribution in [0.25, 0.3) is 11.6 Å². The summed E-state index contributed by atoms with van der Waals surface area (Å²) in [6, 6.07) is 8.17. The Morgan fingerprint density at radius 2 is 2.00 bits per heavy atom. The summed E-state index contributed by atoms with van der Waals surface area (Å²) < 4.78 is 0. The van der Waals surface area contributed by atoms with Gasteiger partial charge in [0.05, 0.1) is 29.9 Å². The van der Waals surface area contributed by atoms with Gasteiger partial charge >= 0.3 is 11.9 Å². The number of aromatic amines is 1. The molecule has 0 unspecified atom stereocenters. The number of carbonyl (C=O) groups is 2. The van der Waals surface area contributed by atoms with Crippen molar-refractivity contribution in [2.45, 2.75) is 19.3 Å². The van der Waals surface area contributed by atoms with Gasteiger partial charge in [-0.15, -0.1) is 0 Å². The van der Waals surface area contributed by atoms with Crippen LogP contribution in [0.4, 0.5) is 0 Å². The van der Waals surface area contributed by atoms with Crippen molar-refractivity contribution in [3.05, 3.63) is 53.1 Å².